The van der Waals surface area contributed by atoms with Crippen molar-refractivity contribution in [2.24, 2.45) is 0 Å². The highest BCUT2D eigenvalue weighted by molar-refractivity contribution is 5.98. The maximum absolute atomic E-state index is 13.1. The molecule has 8 nitrogen and oxygen atoms in total. The fourth-order valence-corrected chi connectivity index (χ4v) is 3.76. The molecule has 8 heteroatoms. The number of amides is 1. The van der Waals surface area contributed by atoms with Gasteiger partial charge in [0.1, 0.15) is 22.7 Å². The molecule has 3 heterocycles. The summed E-state index contributed by atoms with van der Waals surface area (Å²) >= 11 is 0. The van der Waals surface area contributed by atoms with Gasteiger partial charge < -0.3 is 19.4 Å². The zero-order chi connectivity index (χ0) is 22.7. The van der Waals surface area contributed by atoms with Crippen LogP contribution in [-0.2, 0) is 17.8 Å². The van der Waals surface area contributed by atoms with Crippen molar-refractivity contribution in [2.75, 3.05) is 20.8 Å². The number of ether oxygens (including phenoxy) is 2. The smallest absolute Gasteiger partial charge is 0.268 e. The first kappa shape index (κ1) is 21.6. The van der Waals surface area contributed by atoms with Crippen LogP contribution in [-0.4, -0.2) is 40.7 Å². The number of pyridine rings is 1. The van der Waals surface area contributed by atoms with Crippen LogP contribution in [0.1, 0.15) is 28.0 Å². The lowest BCUT2D eigenvalue weighted by Gasteiger charge is -2.11. The quantitative estimate of drug-likeness (QED) is 0.431. The number of carbonyl (C=O) groups excluding carboxylic acids is 1. The molecule has 0 bridgehead atoms. The number of nitrogens with one attached hydrogen (secondary N) is 1. The van der Waals surface area contributed by atoms with Crippen molar-refractivity contribution >= 4 is 22.6 Å². The van der Waals surface area contributed by atoms with E-state index in [1.807, 2.05) is 47.9 Å². The van der Waals surface area contributed by atoms with Crippen LogP contribution in [0.2, 0.25) is 0 Å². The van der Waals surface area contributed by atoms with Gasteiger partial charge in [-0.25, -0.2) is 4.98 Å². The lowest BCUT2D eigenvalue weighted by Crippen LogP contribution is -2.25. The van der Waals surface area contributed by atoms with Crippen molar-refractivity contribution in [1.29, 1.82) is 0 Å². The molecule has 32 heavy (non-hydrogen) atoms. The standard InChI is InChI=1S/C24H26N4O4/c1-16-6-4-11-28-21(16)26-22-19(24(28)30)14-20(27(22)12-5-13-31-2)23(29)25-15-17-7-9-18(32-3)10-8-17/h4,6-11,14H,5,12-13,15H2,1-3H3,(H,25,29). The van der Waals surface area contributed by atoms with Crippen molar-refractivity contribution in [1.82, 2.24) is 19.3 Å². The third kappa shape index (κ3) is 4.09. The number of benzene rings is 1. The number of rotatable bonds is 8. The highest BCUT2D eigenvalue weighted by atomic mass is 16.5. The molecule has 0 saturated heterocycles. The number of hydrogen-bond donors (Lipinski definition) is 1. The van der Waals surface area contributed by atoms with E-state index >= 15 is 0 Å². The minimum atomic E-state index is -0.263. The maximum Gasteiger partial charge on any atom is 0.268 e. The Morgan fingerprint density at radius 1 is 1.12 bits per heavy atom. The second-order valence-electron chi connectivity index (χ2n) is 7.60. The lowest BCUT2D eigenvalue weighted by molar-refractivity contribution is 0.0941. The molecule has 0 spiro atoms. The van der Waals surface area contributed by atoms with Gasteiger partial charge in [-0.1, -0.05) is 18.2 Å². The summed E-state index contributed by atoms with van der Waals surface area (Å²) in [6, 6.07) is 12.9. The Kier molecular flexibility index (Phi) is 6.23. The van der Waals surface area contributed by atoms with Crippen LogP contribution in [0.3, 0.4) is 0 Å². The third-order valence-electron chi connectivity index (χ3n) is 5.47. The molecular formula is C24H26N4O4. The van der Waals surface area contributed by atoms with Gasteiger partial charge in [-0.05, 0) is 48.7 Å². The Bertz CT molecular complexity index is 1320. The van der Waals surface area contributed by atoms with E-state index in [-0.39, 0.29) is 11.5 Å². The molecule has 0 unspecified atom stereocenters. The highest BCUT2D eigenvalue weighted by Gasteiger charge is 2.20. The van der Waals surface area contributed by atoms with Gasteiger partial charge in [0.05, 0.1) is 12.5 Å². The SMILES string of the molecule is COCCCn1c(C(=O)NCc2ccc(OC)cc2)cc2c(=O)n3cccc(C)c3nc21. The number of fused-ring (bicyclic) bond motifs is 2. The van der Waals surface area contributed by atoms with Gasteiger partial charge in [-0.2, -0.15) is 0 Å². The molecule has 1 amide bonds. The van der Waals surface area contributed by atoms with Crippen molar-refractivity contribution in [3.8, 4) is 5.75 Å². The van der Waals surface area contributed by atoms with Crippen molar-refractivity contribution in [2.45, 2.75) is 26.4 Å². The van der Waals surface area contributed by atoms with Gasteiger partial charge in [0.15, 0.2) is 0 Å². The molecule has 0 saturated carbocycles. The Balaban J connectivity index is 1.72. The van der Waals surface area contributed by atoms with Crippen molar-refractivity contribution < 1.29 is 14.3 Å². The molecule has 4 aromatic rings. The van der Waals surface area contributed by atoms with Crippen molar-refractivity contribution in [3.05, 3.63) is 75.8 Å². The number of hydrogen-bond acceptors (Lipinski definition) is 5. The average Bonchev–Trinajstić information content (AvgIpc) is 3.18. The maximum atomic E-state index is 13.1. The summed E-state index contributed by atoms with van der Waals surface area (Å²) < 4.78 is 13.7. The molecule has 1 N–H and O–H groups in total. The van der Waals surface area contributed by atoms with E-state index in [2.05, 4.69) is 5.32 Å². The number of carbonyl (C=O) groups is 1. The number of aromatic nitrogens is 3. The Morgan fingerprint density at radius 3 is 2.62 bits per heavy atom. The molecule has 0 aliphatic carbocycles. The fraction of sp³-hybridized carbons (Fsp3) is 0.292. The predicted molar refractivity (Wildman–Crippen MR) is 122 cm³/mol. The van der Waals surface area contributed by atoms with E-state index in [1.165, 1.54) is 4.40 Å². The van der Waals surface area contributed by atoms with Crippen LogP contribution in [0.4, 0.5) is 0 Å². The first-order valence-corrected chi connectivity index (χ1v) is 10.4. The van der Waals surface area contributed by atoms with E-state index in [4.69, 9.17) is 14.5 Å². The molecule has 0 aliphatic rings. The number of nitrogens with zero attached hydrogens (tertiary/aromatic N) is 3. The monoisotopic (exact) mass is 434 g/mol. The normalized spacial score (nSPS) is 11.2. The molecule has 1 aromatic carbocycles. The van der Waals surface area contributed by atoms with Crippen LogP contribution in [0, 0.1) is 6.92 Å². The Hall–Kier alpha value is -3.65. The first-order chi connectivity index (χ1) is 15.5. The summed E-state index contributed by atoms with van der Waals surface area (Å²) in [6.45, 7) is 3.32. The van der Waals surface area contributed by atoms with Gasteiger partial charge in [0.25, 0.3) is 11.5 Å². The van der Waals surface area contributed by atoms with Gasteiger partial charge >= 0.3 is 0 Å². The van der Waals surface area contributed by atoms with E-state index in [0.717, 1.165) is 16.9 Å². The molecular weight excluding hydrogens is 408 g/mol. The summed E-state index contributed by atoms with van der Waals surface area (Å²) in [5, 5.41) is 3.37. The van der Waals surface area contributed by atoms with E-state index in [9.17, 15) is 9.59 Å². The predicted octanol–water partition coefficient (Wildman–Crippen LogP) is 2.93. The number of aryl methyl sites for hydroxylation is 2. The second-order valence-corrected chi connectivity index (χ2v) is 7.60. The summed E-state index contributed by atoms with van der Waals surface area (Å²) in [6.07, 6.45) is 2.39. The van der Waals surface area contributed by atoms with E-state index in [1.54, 1.807) is 26.5 Å². The molecule has 3 aromatic heterocycles. The minimum Gasteiger partial charge on any atom is -0.497 e. The molecule has 166 valence electrons. The highest BCUT2D eigenvalue weighted by Crippen LogP contribution is 2.19. The summed E-state index contributed by atoms with van der Waals surface area (Å²) in [4.78, 5) is 31.0. The molecule has 0 atom stereocenters. The zero-order valence-electron chi connectivity index (χ0n) is 18.4. The zero-order valence-corrected chi connectivity index (χ0v) is 18.4. The summed E-state index contributed by atoms with van der Waals surface area (Å²) in [5.74, 6) is 0.494. The van der Waals surface area contributed by atoms with Gasteiger partial charge in [0, 0.05) is 33.0 Å². The minimum absolute atomic E-state index is 0.191. The largest absolute Gasteiger partial charge is 0.497 e. The Labute approximate surface area is 185 Å². The topological polar surface area (TPSA) is 86.9 Å². The van der Waals surface area contributed by atoms with Crippen LogP contribution in [0.5, 0.6) is 5.75 Å². The fourth-order valence-electron chi connectivity index (χ4n) is 3.76. The van der Waals surface area contributed by atoms with Crippen molar-refractivity contribution in [3.63, 3.8) is 0 Å². The first-order valence-electron chi connectivity index (χ1n) is 10.4. The van der Waals surface area contributed by atoms with Crippen LogP contribution < -0.4 is 15.6 Å². The summed E-state index contributed by atoms with van der Waals surface area (Å²) in [7, 11) is 3.25. The van der Waals surface area contributed by atoms with Gasteiger partial charge in [-0.3, -0.25) is 14.0 Å². The molecule has 0 aliphatic heterocycles. The molecule has 0 fully saturated rings. The molecule has 4 rings (SSSR count). The average molecular weight is 434 g/mol. The molecule has 0 radical (unpaired) electrons. The van der Waals surface area contributed by atoms with E-state index < -0.39 is 0 Å². The number of methoxy groups -OCH3 is 2. The van der Waals surface area contributed by atoms with Crippen LogP contribution in [0.15, 0.2) is 53.5 Å². The van der Waals surface area contributed by atoms with Gasteiger partial charge in [0.2, 0.25) is 0 Å². The Morgan fingerprint density at radius 2 is 1.91 bits per heavy atom. The second kappa shape index (κ2) is 9.23. The van der Waals surface area contributed by atoms with Crippen LogP contribution in [0.25, 0.3) is 16.7 Å². The van der Waals surface area contributed by atoms with E-state index in [0.29, 0.717) is 48.5 Å². The van der Waals surface area contributed by atoms with Crippen LogP contribution >= 0.6 is 0 Å². The van der Waals surface area contributed by atoms with Gasteiger partial charge in [-0.15, -0.1) is 0 Å². The summed E-state index contributed by atoms with van der Waals surface area (Å²) in [5.41, 5.74) is 3.14. The lowest BCUT2D eigenvalue weighted by atomic mass is 10.2. The third-order valence-corrected chi connectivity index (χ3v) is 5.47.